The highest BCUT2D eigenvalue weighted by Gasteiger charge is 2.22. The van der Waals surface area contributed by atoms with Crippen molar-refractivity contribution in [2.75, 3.05) is 19.6 Å². The fourth-order valence-corrected chi connectivity index (χ4v) is 2.76. The molecule has 0 aliphatic carbocycles. The highest BCUT2D eigenvalue weighted by atomic mass is 16.4. The maximum Gasteiger partial charge on any atom is 0.208 e. The van der Waals surface area contributed by atoms with Gasteiger partial charge in [-0.15, -0.1) is 0 Å². The van der Waals surface area contributed by atoms with E-state index in [0.717, 1.165) is 31.3 Å². The molecule has 1 aliphatic heterocycles. The second-order valence-corrected chi connectivity index (χ2v) is 7.25. The van der Waals surface area contributed by atoms with Crippen molar-refractivity contribution in [2.24, 2.45) is 0 Å². The molecule has 1 unspecified atom stereocenters. The van der Waals surface area contributed by atoms with Crippen LogP contribution in [-0.4, -0.2) is 35.6 Å². The number of nitrogens with one attached hydrogen (secondary N) is 1. The Morgan fingerprint density at radius 3 is 2.81 bits per heavy atom. The largest absolute Gasteiger partial charge is 0.444 e. The molecule has 1 atom stereocenters. The molecule has 2 heterocycles. The molecule has 0 amide bonds. The third kappa shape index (κ3) is 5.11. The maximum absolute atomic E-state index is 5.95. The van der Waals surface area contributed by atoms with Crippen molar-refractivity contribution in [1.82, 2.24) is 15.2 Å². The molecule has 1 N–H and O–H groups in total. The van der Waals surface area contributed by atoms with Crippen LogP contribution in [0.1, 0.15) is 65.0 Å². The first-order chi connectivity index (χ1) is 9.99. The summed E-state index contributed by atoms with van der Waals surface area (Å²) in [6.45, 7) is 13.0. The Bertz CT molecular complexity index is 416. The summed E-state index contributed by atoms with van der Waals surface area (Å²) in [6, 6.07) is 0.638. The number of hydrogen-bond acceptors (Lipinski definition) is 4. The van der Waals surface area contributed by atoms with Gasteiger partial charge in [-0.05, 0) is 32.4 Å². The molecule has 1 fully saturated rings. The Morgan fingerprint density at radius 1 is 1.43 bits per heavy atom. The van der Waals surface area contributed by atoms with Crippen molar-refractivity contribution in [2.45, 2.75) is 71.4 Å². The quantitative estimate of drug-likeness (QED) is 0.837. The topological polar surface area (TPSA) is 41.3 Å². The molecule has 1 saturated heterocycles. The predicted octanol–water partition coefficient (Wildman–Crippen LogP) is 3.33. The average Bonchev–Trinajstić information content (AvgIpc) is 3.06. The van der Waals surface area contributed by atoms with E-state index in [-0.39, 0.29) is 5.41 Å². The molecule has 0 aromatic carbocycles. The Morgan fingerprint density at radius 2 is 2.24 bits per heavy atom. The van der Waals surface area contributed by atoms with E-state index in [2.05, 4.69) is 42.9 Å². The average molecular weight is 293 g/mol. The zero-order chi connectivity index (χ0) is 15.3. The van der Waals surface area contributed by atoms with Crippen LogP contribution in [0.5, 0.6) is 0 Å². The Hall–Kier alpha value is -0.870. The highest BCUT2D eigenvalue weighted by molar-refractivity contribution is 5.06. The molecule has 4 nitrogen and oxygen atoms in total. The van der Waals surface area contributed by atoms with Crippen LogP contribution in [0.3, 0.4) is 0 Å². The number of unbranched alkanes of at least 4 members (excludes halogenated alkanes) is 1. The van der Waals surface area contributed by atoms with E-state index in [9.17, 15) is 0 Å². The SMILES string of the molecule is CCCCN(Cc1ncc(C(C)(C)C)o1)CC1CCCN1. The molecular weight excluding hydrogens is 262 g/mol. The molecule has 2 rings (SSSR count). The fourth-order valence-electron chi connectivity index (χ4n) is 2.76. The van der Waals surface area contributed by atoms with Crippen molar-refractivity contribution in [1.29, 1.82) is 0 Å². The van der Waals surface area contributed by atoms with Crippen LogP contribution in [0.15, 0.2) is 10.6 Å². The lowest BCUT2D eigenvalue weighted by molar-refractivity contribution is 0.211. The molecule has 1 aromatic rings. The van der Waals surface area contributed by atoms with Gasteiger partial charge in [0, 0.05) is 18.0 Å². The predicted molar refractivity (Wildman–Crippen MR) is 86.4 cm³/mol. The molecule has 4 heteroatoms. The molecule has 120 valence electrons. The van der Waals surface area contributed by atoms with Crippen molar-refractivity contribution in [3.63, 3.8) is 0 Å². The first-order valence-electron chi connectivity index (χ1n) is 8.40. The lowest BCUT2D eigenvalue weighted by Gasteiger charge is -2.24. The molecule has 0 bridgehead atoms. The van der Waals surface area contributed by atoms with Gasteiger partial charge in [-0.2, -0.15) is 0 Å². The number of rotatable bonds is 7. The van der Waals surface area contributed by atoms with Gasteiger partial charge in [0.25, 0.3) is 0 Å². The van der Waals surface area contributed by atoms with Gasteiger partial charge in [0.15, 0.2) is 0 Å². The minimum absolute atomic E-state index is 0.0342. The summed E-state index contributed by atoms with van der Waals surface area (Å²) in [5.41, 5.74) is 0.0342. The standard InChI is InChI=1S/C17H31N3O/c1-5-6-10-20(12-14-8-7-9-18-14)13-16-19-11-15(21-16)17(2,3)4/h11,14,18H,5-10,12-13H2,1-4H3. The maximum atomic E-state index is 5.95. The van der Waals surface area contributed by atoms with Crippen molar-refractivity contribution in [3.8, 4) is 0 Å². The van der Waals surface area contributed by atoms with Gasteiger partial charge in [0.2, 0.25) is 5.89 Å². The molecule has 1 aliphatic rings. The van der Waals surface area contributed by atoms with Crippen LogP contribution in [0.4, 0.5) is 0 Å². The third-order valence-corrected chi connectivity index (χ3v) is 4.12. The van der Waals surface area contributed by atoms with Gasteiger partial charge in [0.1, 0.15) is 5.76 Å². The second kappa shape index (κ2) is 7.41. The molecule has 0 radical (unpaired) electrons. The zero-order valence-corrected chi connectivity index (χ0v) is 14.1. The van der Waals surface area contributed by atoms with E-state index in [1.807, 2.05) is 6.20 Å². The molecular formula is C17H31N3O. The van der Waals surface area contributed by atoms with Crippen LogP contribution in [-0.2, 0) is 12.0 Å². The minimum Gasteiger partial charge on any atom is -0.444 e. The third-order valence-electron chi connectivity index (χ3n) is 4.12. The van der Waals surface area contributed by atoms with Crippen LogP contribution in [0.2, 0.25) is 0 Å². The van der Waals surface area contributed by atoms with Gasteiger partial charge >= 0.3 is 0 Å². The zero-order valence-electron chi connectivity index (χ0n) is 14.1. The van der Waals surface area contributed by atoms with Crippen LogP contribution < -0.4 is 5.32 Å². The summed E-state index contributed by atoms with van der Waals surface area (Å²) in [5, 5.41) is 3.59. The van der Waals surface area contributed by atoms with Gasteiger partial charge < -0.3 is 9.73 Å². The number of oxazole rings is 1. The molecule has 0 saturated carbocycles. The summed E-state index contributed by atoms with van der Waals surface area (Å²) in [5.74, 6) is 1.83. The highest BCUT2D eigenvalue weighted by Crippen LogP contribution is 2.23. The molecule has 1 aromatic heterocycles. The molecule has 0 spiro atoms. The van der Waals surface area contributed by atoms with Gasteiger partial charge in [0.05, 0.1) is 12.7 Å². The Balaban J connectivity index is 1.94. The normalized spacial score (nSPS) is 19.6. The summed E-state index contributed by atoms with van der Waals surface area (Å²) in [7, 11) is 0. The van der Waals surface area contributed by atoms with Gasteiger partial charge in [-0.25, -0.2) is 4.98 Å². The number of hydrogen-bond donors (Lipinski definition) is 1. The van der Waals surface area contributed by atoms with E-state index < -0.39 is 0 Å². The smallest absolute Gasteiger partial charge is 0.208 e. The van der Waals surface area contributed by atoms with Crippen molar-refractivity contribution in [3.05, 3.63) is 17.8 Å². The monoisotopic (exact) mass is 293 g/mol. The molecule has 21 heavy (non-hydrogen) atoms. The van der Waals surface area contributed by atoms with E-state index in [4.69, 9.17) is 4.42 Å². The van der Waals surface area contributed by atoms with Crippen LogP contribution in [0, 0.1) is 0 Å². The second-order valence-electron chi connectivity index (χ2n) is 7.25. The van der Waals surface area contributed by atoms with Crippen molar-refractivity contribution >= 4 is 0 Å². The summed E-state index contributed by atoms with van der Waals surface area (Å²) in [6.07, 6.45) is 6.95. The first-order valence-corrected chi connectivity index (χ1v) is 8.40. The number of aromatic nitrogens is 1. The fraction of sp³-hybridized carbons (Fsp3) is 0.824. The van der Waals surface area contributed by atoms with Crippen molar-refractivity contribution < 1.29 is 4.42 Å². The Labute approximate surface area is 129 Å². The van der Waals surface area contributed by atoms with E-state index in [1.165, 1.54) is 32.2 Å². The van der Waals surface area contributed by atoms with Crippen LogP contribution in [0.25, 0.3) is 0 Å². The van der Waals surface area contributed by atoms with Gasteiger partial charge in [-0.1, -0.05) is 34.1 Å². The first kappa shape index (κ1) is 16.5. The summed E-state index contributed by atoms with van der Waals surface area (Å²) < 4.78 is 5.95. The van der Waals surface area contributed by atoms with E-state index in [1.54, 1.807) is 0 Å². The summed E-state index contributed by atoms with van der Waals surface area (Å²) in [4.78, 5) is 6.97. The summed E-state index contributed by atoms with van der Waals surface area (Å²) >= 11 is 0. The van der Waals surface area contributed by atoms with Gasteiger partial charge in [-0.3, -0.25) is 4.90 Å². The number of nitrogens with zero attached hydrogens (tertiary/aromatic N) is 2. The minimum atomic E-state index is 0.0342. The Kier molecular flexibility index (Phi) is 5.82. The van der Waals surface area contributed by atoms with E-state index >= 15 is 0 Å². The van der Waals surface area contributed by atoms with Crippen LogP contribution >= 0.6 is 0 Å². The lowest BCUT2D eigenvalue weighted by atomic mass is 9.94. The lowest BCUT2D eigenvalue weighted by Crippen LogP contribution is -2.37. The van der Waals surface area contributed by atoms with E-state index in [0.29, 0.717) is 6.04 Å².